The summed E-state index contributed by atoms with van der Waals surface area (Å²) in [5, 5.41) is 22.8. The number of nitrogens with zero attached hydrogens (tertiary/aromatic N) is 3. The van der Waals surface area contributed by atoms with Gasteiger partial charge in [0.2, 0.25) is 0 Å². The largest absolute Gasteiger partial charge is 0.390 e. The predicted molar refractivity (Wildman–Crippen MR) is 63.8 cm³/mol. The van der Waals surface area contributed by atoms with E-state index in [1.165, 1.54) is 0 Å². The van der Waals surface area contributed by atoms with E-state index in [9.17, 15) is 10.2 Å². The topological polar surface area (TPSA) is 127 Å². The molecule has 0 heterocycles. The highest BCUT2D eigenvalue weighted by molar-refractivity contribution is 5.43. The van der Waals surface area contributed by atoms with Crippen molar-refractivity contribution in [3.63, 3.8) is 0 Å². The molecule has 1 aromatic rings. The fraction of sp³-hybridized carbons (Fsp3) is 0.400. The Morgan fingerprint density at radius 3 is 2.53 bits per heavy atom. The number of nitrogen functional groups attached to an aromatic ring is 1. The molecule has 0 aliphatic heterocycles. The highest BCUT2D eigenvalue weighted by atomic mass is 16.3. The molecular formula is C10H15N5O2. The lowest BCUT2D eigenvalue weighted by molar-refractivity contribution is 0.0150. The van der Waals surface area contributed by atoms with Gasteiger partial charge in [0.15, 0.2) is 0 Å². The van der Waals surface area contributed by atoms with Crippen LogP contribution in [0.3, 0.4) is 0 Å². The summed E-state index contributed by atoms with van der Waals surface area (Å²) in [6.07, 6.45) is -1.75. The van der Waals surface area contributed by atoms with Gasteiger partial charge in [-0.15, -0.1) is 0 Å². The SMILES string of the molecule is [N-]=[N+]=NCCC(O)C(O)c1ccc(NN)cc1. The van der Waals surface area contributed by atoms with Gasteiger partial charge in [-0.25, -0.2) is 0 Å². The number of hydrogen-bond acceptors (Lipinski definition) is 5. The second-order valence-electron chi connectivity index (χ2n) is 3.52. The van der Waals surface area contributed by atoms with Crippen molar-refractivity contribution in [2.75, 3.05) is 12.0 Å². The van der Waals surface area contributed by atoms with E-state index in [0.29, 0.717) is 11.3 Å². The summed E-state index contributed by atoms with van der Waals surface area (Å²) in [7, 11) is 0. The predicted octanol–water partition coefficient (Wildman–Crippen LogP) is 1.07. The molecule has 0 radical (unpaired) electrons. The number of hydrogen-bond donors (Lipinski definition) is 4. The average molecular weight is 237 g/mol. The van der Waals surface area contributed by atoms with Crippen LogP contribution in [0, 0.1) is 0 Å². The molecule has 92 valence electrons. The van der Waals surface area contributed by atoms with Crippen LogP contribution in [0.2, 0.25) is 0 Å². The summed E-state index contributed by atoms with van der Waals surface area (Å²) in [5.74, 6) is 5.21. The number of aliphatic hydroxyl groups excluding tert-OH is 2. The minimum atomic E-state index is -1.00. The van der Waals surface area contributed by atoms with Crippen molar-refractivity contribution in [3.8, 4) is 0 Å². The molecule has 0 aliphatic rings. The van der Waals surface area contributed by atoms with Crippen LogP contribution in [0.1, 0.15) is 18.1 Å². The first-order chi connectivity index (χ1) is 8.19. The third kappa shape index (κ3) is 3.93. The van der Waals surface area contributed by atoms with Crippen molar-refractivity contribution in [2.45, 2.75) is 18.6 Å². The van der Waals surface area contributed by atoms with E-state index in [4.69, 9.17) is 11.4 Å². The van der Waals surface area contributed by atoms with E-state index in [-0.39, 0.29) is 13.0 Å². The molecule has 2 atom stereocenters. The molecule has 17 heavy (non-hydrogen) atoms. The van der Waals surface area contributed by atoms with Gasteiger partial charge < -0.3 is 15.6 Å². The Bertz CT molecular complexity index is 388. The van der Waals surface area contributed by atoms with Crippen LogP contribution in [0.5, 0.6) is 0 Å². The molecule has 0 bridgehead atoms. The van der Waals surface area contributed by atoms with Gasteiger partial charge in [-0.2, -0.15) is 0 Å². The van der Waals surface area contributed by atoms with Gasteiger partial charge in [-0.3, -0.25) is 5.84 Å². The van der Waals surface area contributed by atoms with Gasteiger partial charge in [0.1, 0.15) is 6.10 Å². The Morgan fingerprint density at radius 2 is 2.00 bits per heavy atom. The summed E-state index contributed by atoms with van der Waals surface area (Å²) >= 11 is 0. The molecule has 0 fully saturated rings. The Labute approximate surface area is 98.5 Å². The lowest BCUT2D eigenvalue weighted by atomic mass is 10.0. The summed E-state index contributed by atoms with van der Waals surface area (Å²) in [4.78, 5) is 2.57. The average Bonchev–Trinajstić information content (AvgIpc) is 2.38. The van der Waals surface area contributed by atoms with E-state index >= 15 is 0 Å². The standard InChI is InChI=1S/C10H15N5O2/c11-14-8-3-1-7(2-4-8)10(17)9(16)5-6-13-15-12/h1-4,9-10,14,16-17H,5-6,11H2. The number of anilines is 1. The minimum absolute atomic E-state index is 0.150. The normalized spacial score (nSPS) is 13.6. The maximum absolute atomic E-state index is 9.82. The van der Waals surface area contributed by atoms with E-state index in [0.717, 1.165) is 0 Å². The number of nitrogens with one attached hydrogen (secondary N) is 1. The van der Waals surface area contributed by atoms with Crippen LogP contribution in [0.25, 0.3) is 10.4 Å². The maximum Gasteiger partial charge on any atom is 0.105 e. The highest BCUT2D eigenvalue weighted by Gasteiger charge is 2.17. The maximum atomic E-state index is 9.82. The number of rotatable bonds is 6. The lowest BCUT2D eigenvalue weighted by Gasteiger charge is -2.17. The summed E-state index contributed by atoms with van der Waals surface area (Å²) < 4.78 is 0. The van der Waals surface area contributed by atoms with Crippen molar-refractivity contribution in [1.82, 2.24) is 0 Å². The van der Waals surface area contributed by atoms with Crippen molar-refractivity contribution in [3.05, 3.63) is 40.3 Å². The van der Waals surface area contributed by atoms with Crippen molar-refractivity contribution < 1.29 is 10.2 Å². The van der Waals surface area contributed by atoms with Crippen LogP contribution < -0.4 is 11.3 Å². The van der Waals surface area contributed by atoms with Gasteiger partial charge >= 0.3 is 0 Å². The molecule has 0 spiro atoms. The smallest absolute Gasteiger partial charge is 0.105 e. The Kier molecular flexibility index (Phi) is 5.25. The van der Waals surface area contributed by atoms with Crippen molar-refractivity contribution >= 4 is 5.69 Å². The molecule has 7 nitrogen and oxygen atoms in total. The Balaban J connectivity index is 2.60. The van der Waals surface area contributed by atoms with Crippen molar-refractivity contribution in [1.29, 1.82) is 0 Å². The molecule has 0 aromatic heterocycles. The first-order valence-corrected chi connectivity index (χ1v) is 5.12. The quantitative estimate of drug-likeness (QED) is 0.194. The zero-order valence-electron chi connectivity index (χ0n) is 9.19. The number of aliphatic hydroxyl groups is 2. The second kappa shape index (κ2) is 6.72. The second-order valence-corrected chi connectivity index (χ2v) is 3.52. The number of nitrogens with two attached hydrogens (primary N) is 1. The fourth-order valence-corrected chi connectivity index (χ4v) is 1.39. The summed E-state index contributed by atoms with van der Waals surface area (Å²) in [6, 6.07) is 6.71. The van der Waals surface area contributed by atoms with Gasteiger partial charge in [-0.1, -0.05) is 17.2 Å². The fourth-order valence-electron chi connectivity index (χ4n) is 1.39. The summed E-state index contributed by atoms with van der Waals surface area (Å²) in [6.45, 7) is 0.150. The van der Waals surface area contributed by atoms with Crippen LogP contribution in [-0.2, 0) is 0 Å². The third-order valence-corrected chi connectivity index (χ3v) is 2.37. The van der Waals surface area contributed by atoms with E-state index < -0.39 is 12.2 Å². The van der Waals surface area contributed by atoms with Crippen LogP contribution in [0.15, 0.2) is 29.4 Å². The molecule has 2 unspecified atom stereocenters. The number of azide groups is 1. The molecule has 0 saturated carbocycles. The zero-order chi connectivity index (χ0) is 12.7. The number of benzene rings is 1. The molecule has 7 heteroatoms. The van der Waals surface area contributed by atoms with Gasteiger partial charge in [-0.05, 0) is 29.6 Å². The summed E-state index contributed by atoms with van der Waals surface area (Å²) in [5.41, 5.74) is 11.8. The zero-order valence-corrected chi connectivity index (χ0v) is 9.19. The van der Waals surface area contributed by atoms with Crippen LogP contribution in [0.4, 0.5) is 5.69 Å². The molecule has 0 aliphatic carbocycles. The van der Waals surface area contributed by atoms with Gasteiger partial charge in [0.05, 0.1) is 6.10 Å². The highest BCUT2D eigenvalue weighted by Crippen LogP contribution is 2.20. The van der Waals surface area contributed by atoms with Crippen molar-refractivity contribution in [2.24, 2.45) is 11.0 Å². The first-order valence-electron chi connectivity index (χ1n) is 5.12. The monoisotopic (exact) mass is 237 g/mol. The number of hydrazine groups is 1. The molecule has 0 amide bonds. The third-order valence-electron chi connectivity index (χ3n) is 2.37. The first kappa shape index (κ1) is 13.3. The molecule has 1 rings (SSSR count). The molecule has 0 saturated heterocycles. The van der Waals surface area contributed by atoms with Gasteiger partial charge in [0.25, 0.3) is 0 Å². The van der Waals surface area contributed by atoms with Crippen LogP contribution in [-0.4, -0.2) is 22.9 Å². The van der Waals surface area contributed by atoms with Crippen LogP contribution >= 0.6 is 0 Å². The van der Waals surface area contributed by atoms with E-state index in [1.807, 2.05) is 0 Å². The lowest BCUT2D eigenvalue weighted by Crippen LogP contribution is -2.19. The minimum Gasteiger partial charge on any atom is -0.390 e. The Morgan fingerprint density at radius 1 is 1.35 bits per heavy atom. The molecule has 5 N–H and O–H groups in total. The Hall–Kier alpha value is -1.79. The van der Waals surface area contributed by atoms with E-state index in [2.05, 4.69) is 15.5 Å². The molecular weight excluding hydrogens is 222 g/mol. The van der Waals surface area contributed by atoms with E-state index in [1.54, 1.807) is 24.3 Å². The molecule has 1 aromatic carbocycles. The van der Waals surface area contributed by atoms with Gasteiger partial charge in [0, 0.05) is 17.1 Å².